The van der Waals surface area contributed by atoms with Gasteiger partial charge in [-0.25, -0.2) is 8.78 Å². The number of nitrogens with zero attached hydrogens (tertiary/aromatic N) is 3. The van der Waals surface area contributed by atoms with Gasteiger partial charge in [-0.2, -0.15) is 0 Å². The molecule has 0 atom stereocenters. The largest absolute Gasteiger partial charge is 0.489 e. The molecule has 192 valence electrons. The highest BCUT2D eigenvalue weighted by atomic mass is 19.1. The number of halogens is 2. The lowest BCUT2D eigenvalue weighted by atomic mass is 9.73. The average Bonchev–Trinajstić information content (AvgIpc) is 3.41. The number of hydrogen-bond donors (Lipinski definition) is 1. The van der Waals surface area contributed by atoms with Crippen LogP contribution in [0.4, 0.5) is 8.78 Å². The summed E-state index contributed by atoms with van der Waals surface area (Å²) in [5, 5.41) is 9.17. The smallest absolute Gasteiger partial charge is 0.228 e. The van der Waals surface area contributed by atoms with Crippen LogP contribution in [0.5, 0.6) is 5.75 Å². The van der Waals surface area contributed by atoms with E-state index in [1.807, 2.05) is 28.7 Å². The van der Waals surface area contributed by atoms with Crippen LogP contribution in [0.15, 0.2) is 73.1 Å². The number of hydrogen-bond acceptors (Lipinski definition) is 5. The minimum atomic E-state index is -0.988. The number of fused-ring (bicyclic) bond motifs is 3. The van der Waals surface area contributed by atoms with Crippen LogP contribution in [0, 0.1) is 11.6 Å². The zero-order chi connectivity index (χ0) is 26.3. The Morgan fingerprint density at radius 3 is 2.55 bits per heavy atom. The van der Waals surface area contributed by atoms with Crippen LogP contribution in [-0.2, 0) is 21.6 Å². The SMILES string of the molecule is NC(=O)C1(c2cc(F)cc(OCc3ccc4c(-c5ccc(F)cc5)cc5nncn5c4c3)c2)CCOCC1. The summed E-state index contributed by atoms with van der Waals surface area (Å²) >= 11 is 0. The van der Waals surface area contributed by atoms with Gasteiger partial charge in [0.15, 0.2) is 5.65 Å². The summed E-state index contributed by atoms with van der Waals surface area (Å²) in [6.07, 6.45) is 2.41. The maximum atomic E-state index is 14.6. The zero-order valence-electron chi connectivity index (χ0n) is 20.4. The highest BCUT2D eigenvalue weighted by molar-refractivity contribution is 5.97. The summed E-state index contributed by atoms with van der Waals surface area (Å²) in [5.41, 5.74) is 9.36. The monoisotopic (exact) mass is 514 g/mol. The molecule has 0 unspecified atom stereocenters. The van der Waals surface area contributed by atoms with Crippen molar-refractivity contribution in [2.75, 3.05) is 13.2 Å². The van der Waals surface area contributed by atoms with Crippen LogP contribution in [0.1, 0.15) is 24.0 Å². The van der Waals surface area contributed by atoms with Crippen molar-refractivity contribution in [3.63, 3.8) is 0 Å². The number of aromatic nitrogens is 3. The van der Waals surface area contributed by atoms with E-state index in [2.05, 4.69) is 10.2 Å². The molecular formula is C29H24F2N4O3. The normalized spacial score (nSPS) is 15.1. The van der Waals surface area contributed by atoms with E-state index in [1.165, 1.54) is 24.3 Å². The van der Waals surface area contributed by atoms with Crippen LogP contribution in [0.25, 0.3) is 27.7 Å². The Hall–Kier alpha value is -4.37. The number of nitrogens with two attached hydrogens (primary N) is 1. The maximum absolute atomic E-state index is 14.6. The Bertz CT molecular complexity index is 1660. The third-order valence-electron chi connectivity index (χ3n) is 7.26. The Balaban J connectivity index is 1.34. The van der Waals surface area contributed by atoms with Crippen molar-refractivity contribution in [3.8, 4) is 16.9 Å². The van der Waals surface area contributed by atoms with E-state index in [1.54, 1.807) is 24.5 Å². The molecule has 38 heavy (non-hydrogen) atoms. The lowest BCUT2D eigenvalue weighted by Crippen LogP contribution is -2.45. The fraction of sp³-hybridized carbons (Fsp3) is 0.207. The first-order valence-electron chi connectivity index (χ1n) is 12.3. The molecule has 1 amide bonds. The molecule has 1 aliphatic heterocycles. The number of rotatable bonds is 6. The minimum absolute atomic E-state index is 0.163. The molecule has 0 aliphatic carbocycles. The van der Waals surface area contributed by atoms with Crippen LogP contribution >= 0.6 is 0 Å². The minimum Gasteiger partial charge on any atom is -0.489 e. The Kier molecular flexibility index (Phi) is 6.00. The Morgan fingerprint density at radius 2 is 1.79 bits per heavy atom. The van der Waals surface area contributed by atoms with Crippen molar-refractivity contribution in [1.82, 2.24) is 14.6 Å². The summed E-state index contributed by atoms with van der Waals surface area (Å²) in [5.74, 6) is -0.998. The van der Waals surface area contributed by atoms with Gasteiger partial charge in [-0.3, -0.25) is 9.20 Å². The molecule has 0 radical (unpaired) electrons. The fourth-order valence-corrected chi connectivity index (χ4v) is 5.18. The summed E-state index contributed by atoms with van der Waals surface area (Å²) in [4.78, 5) is 12.4. The number of pyridine rings is 1. The van der Waals surface area contributed by atoms with Crippen molar-refractivity contribution in [3.05, 3.63) is 95.8 Å². The van der Waals surface area contributed by atoms with Crippen LogP contribution in [-0.4, -0.2) is 33.7 Å². The molecule has 0 bridgehead atoms. The number of primary amides is 1. The molecule has 2 N–H and O–H groups in total. The van der Waals surface area contributed by atoms with E-state index in [4.69, 9.17) is 15.2 Å². The van der Waals surface area contributed by atoms with Crippen LogP contribution in [0.3, 0.4) is 0 Å². The average molecular weight is 515 g/mol. The Labute approximate surface area is 216 Å². The van der Waals surface area contributed by atoms with Crippen molar-refractivity contribution >= 4 is 22.5 Å². The lowest BCUT2D eigenvalue weighted by Gasteiger charge is -2.34. The number of carbonyl (C=O) groups excluding carboxylic acids is 1. The number of ether oxygens (including phenoxy) is 2. The van der Waals surface area contributed by atoms with Gasteiger partial charge in [-0.15, -0.1) is 10.2 Å². The molecule has 5 aromatic rings. The van der Waals surface area contributed by atoms with E-state index in [-0.39, 0.29) is 12.4 Å². The molecule has 3 heterocycles. The van der Waals surface area contributed by atoms with Gasteiger partial charge >= 0.3 is 0 Å². The summed E-state index contributed by atoms with van der Waals surface area (Å²) in [7, 11) is 0. The predicted molar refractivity (Wildman–Crippen MR) is 138 cm³/mol. The topological polar surface area (TPSA) is 91.7 Å². The second-order valence-electron chi connectivity index (χ2n) is 9.50. The van der Waals surface area contributed by atoms with E-state index in [0.717, 1.165) is 27.6 Å². The van der Waals surface area contributed by atoms with Crippen molar-refractivity contribution < 1.29 is 23.0 Å². The first-order chi connectivity index (χ1) is 18.4. The summed E-state index contributed by atoms with van der Waals surface area (Å²) < 4.78 is 41.4. The van der Waals surface area contributed by atoms with Gasteiger partial charge in [0, 0.05) is 24.7 Å². The van der Waals surface area contributed by atoms with Gasteiger partial charge in [0.1, 0.15) is 30.3 Å². The molecule has 6 rings (SSSR count). The molecule has 1 saturated heterocycles. The standard InChI is InChI=1S/C29H24F2N4O3/c30-21-4-2-19(3-5-21)25-15-27-34-33-17-35(27)26-11-18(1-6-24(25)26)16-38-23-13-20(12-22(31)14-23)29(28(32)36)7-9-37-10-8-29/h1-6,11-15,17H,7-10,16H2,(H2,32,36). The van der Waals surface area contributed by atoms with Gasteiger partial charge in [0.05, 0.1) is 10.9 Å². The first kappa shape index (κ1) is 24.0. The third kappa shape index (κ3) is 4.24. The van der Waals surface area contributed by atoms with Gasteiger partial charge in [0.2, 0.25) is 5.91 Å². The quantitative estimate of drug-likeness (QED) is 0.347. The van der Waals surface area contributed by atoms with Gasteiger partial charge in [-0.1, -0.05) is 24.3 Å². The molecule has 1 aliphatic rings. The molecular weight excluding hydrogens is 490 g/mol. The number of amides is 1. The molecule has 0 saturated carbocycles. The van der Waals surface area contributed by atoms with Crippen molar-refractivity contribution in [2.45, 2.75) is 24.9 Å². The van der Waals surface area contributed by atoms with Gasteiger partial charge in [-0.05, 0) is 71.5 Å². The number of benzene rings is 3. The third-order valence-corrected chi connectivity index (χ3v) is 7.26. The van der Waals surface area contributed by atoms with Crippen molar-refractivity contribution in [2.24, 2.45) is 5.73 Å². The predicted octanol–water partition coefficient (Wildman–Crippen LogP) is 4.94. The van der Waals surface area contributed by atoms with Crippen LogP contribution in [0.2, 0.25) is 0 Å². The second-order valence-corrected chi connectivity index (χ2v) is 9.50. The van der Waals surface area contributed by atoms with Gasteiger partial charge in [0.25, 0.3) is 0 Å². The Morgan fingerprint density at radius 1 is 1.00 bits per heavy atom. The molecule has 7 nitrogen and oxygen atoms in total. The molecule has 0 spiro atoms. The van der Waals surface area contributed by atoms with Gasteiger partial charge < -0.3 is 15.2 Å². The maximum Gasteiger partial charge on any atom is 0.228 e. The van der Waals surface area contributed by atoms with Crippen LogP contribution < -0.4 is 10.5 Å². The highest BCUT2D eigenvalue weighted by Crippen LogP contribution is 2.37. The van der Waals surface area contributed by atoms with E-state index < -0.39 is 17.1 Å². The van der Waals surface area contributed by atoms with E-state index in [0.29, 0.717) is 43.0 Å². The molecule has 2 aromatic heterocycles. The zero-order valence-corrected chi connectivity index (χ0v) is 20.4. The molecule has 3 aromatic carbocycles. The fourth-order valence-electron chi connectivity index (χ4n) is 5.18. The van der Waals surface area contributed by atoms with Crippen molar-refractivity contribution in [1.29, 1.82) is 0 Å². The lowest BCUT2D eigenvalue weighted by molar-refractivity contribution is -0.127. The molecule has 9 heteroatoms. The van der Waals surface area contributed by atoms with E-state index in [9.17, 15) is 13.6 Å². The highest BCUT2D eigenvalue weighted by Gasteiger charge is 2.40. The summed E-state index contributed by atoms with van der Waals surface area (Å²) in [6, 6.07) is 18.4. The second kappa shape index (κ2) is 9.50. The number of carbonyl (C=O) groups is 1. The summed E-state index contributed by atoms with van der Waals surface area (Å²) in [6.45, 7) is 0.921. The first-order valence-corrected chi connectivity index (χ1v) is 12.3. The molecule has 1 fully saturated rings. The van der Waals surface area contributed by atoms with E-state index >= 15 is 0 Å².